The SMILES string of the molecule is Cc1ccc(Cn2nc(C)c(/C=C/C(=O)NCc3ccncc3)c2C)cc1. The predicted molar refractivity (Wildman–Crippen MR) is 107 cm³/mol. The molecule has 3 rings (SSSR count). The van der Waals surface area contributed by atoms with Crippen LogP contribution in [0.4, 0.5) is 0 Å². The fourth-order valence-electron chi connectivity index (χ4n) is 2.88. The summed E-state index contributed by atoms with van der Waals surface area (Å²) in [4.78, 5) is 16.1. The molecular formula is C22H24N4O. The Kier molecular flexibility index (Phi) is 5.81. The van der Waals surface area contributed by atoms with Crippen LogP contribution in [-0.4, -0.2) is 20.7 Å². The van der Waals surface area contributed by atoms with Gasteiger partial charge in [-0.1, -0.05) is 29.8 Å². The zero-order valence-corrected chi connectivity index (χ0v) is 15.9. The number of nitrogens with one attached hydrogen (secondary N) is 1. The first-order valence-corrected chi connectivity index (χ1v) is 8.97. The number of amides is 1. The van der Waals surface area contributed by atoms with Gasteiger partial charge in [-0.2, -0.15) is 5.10 Å². The van der Waals surface area contributed by atoms with E-state index in [1.54, 1.807) is 18.5 Å². The first-order valence-electron chi connectivity index (χ1n) is 8.97. The van der Waals surface area contributed by atoms with Crippen LogP contribution < -0.4 is 5.32 Å². The second-order valence-electron chi connectivity index (χ2n) is 6.63. The maximum Gasteiger partial charge on any atom is 0.244 e. The molecule has 0 fully saturated rings. The van der Waals surface area contributed by atoms with Crippen molar-refractivity contribution in [1.29, 1.82) is 0 Å². The van der Waals surface area contributed by atoms with Crippen molar-refractivity contribution in [1.82, 2.24) is 20.1 Å². The minimum Gasteiger partial charge on any atom is -0.348 e. The summed E-state index contributed by atoms with van der Waals surface area (Å²) in [5.74, 6) is -0.128. The monoisotopic (exact) mass is 360 g/mol. The third-order valence-corrected chi connectivity index (χ3v) is 4.51. The largest absolute Gasteiger partial charge is 0.348 e. The third-order valence-electron chi connectivity index (χ3n) is 4.51. The van der Waals surface area contributed by atoms with E-state index >= 15 is 0 Å². The fourth-order valence-corrected chi connectivity index (χ4v) is 2.88. The highest BCUT2D eigenvalue weighted by atomic mass is 16.1. The number of aryl methyl sites for hydroxylation is 2. The van der Waals surface area contributed by atoms with Crippen molar-refractivity contribution in [3.63, 3.8) is 0 Å². The summed E-state index contributed by atoms with van der Waals surface area (Å²) in [6.07, 6.45) is 6.83. The van der Waals surface area contributed by atoms with Crippen LogP contribution in [-0.2, 0) is 17.9 Å². The molecule has 0 unspecified atom stereocenters. The first-order chi connectivity index (χ1) is 13.0. The Hall–Kier alpha value is -3.21. The van der Waals surface area contributed by atoms with Gasteiger partial charge in [0.05, 0.1) is 12.2 Å². The highest BCUT2D eigenvalue weighted by Gasteiger charge is 2.10. The maximum absolute atomic E-state index is 12.1. The van der Waals surface area contributed by atoms with Crippen LogP contribution >= 0.6 is 0 Å². The van der Waals surface area contributed by atoms with Gasteiger partial charge in [0, 0.05) is 36.3 Å². The molecule has 0 aliphatic heterocycles. The van der Waals surface area contributed by atoms with E-state index in [1.807, 2.05) is 36.7 Å². The van der Waals surface area contributed by atoms with Gasteiger partial charge in [-0.25, -0.2) is 0 Å². The molecule has 1 amide bonds. The van der Waals surface area contributed by atoms with E-state index in [0.29, 0.717) is 6.54 Å². The number of carbonyl (C=O) groups is 1. The van der Waals surface area contributed by atoms with Gasteiger partial charge in [-0.05, 0) is 50.1 Å². The Morgan fingerprint density at radius 3 is 2.44 bits per heavy atom. The Morgan fingerprint density at radius 2 is 1.74 bits per heavy atom. The van der Waals surface area contributed by atoms with E-state index in [2.05, 4.69) is 46.6 Å². The number of nitrogens with zero attached hydrogens (tertiary/aromatic N) is 3. The lowest BCUT2D eigenvalue weighted by atomic mass is 10.1. The van der Waals surface area contributed by atoms with Crippen molar-refractivity contribution >= 4 is 12.0 Å². The van der Waals surface area contributed by atoms with Crippen LogP contribution in [0.25, 0.3) is 6.08 Å². The molecule has 138 valence electrons. The van der Waals surface area contributed by atoms with Gasteiger partial charge in [0.1, 0.15) is 0 Å². The number of rotatable bonds is 6. The van der Waals surface area contributed by atoms with Crippen LogP contribution in [0.1, 0.15) is 33.6 Å². The molecule has 5 nitrogen and oxygen atoms in total. The molecule has 1 aromatic carbocycles. The second-order valence-corrected chi connectivity index (χ2v) is 6.63. The zero-order chi connectivity index (χ0) is 19.2. The number of pyridine rings is 1. The molecule has 2 heterocycles. The highest BCUT2D eigenvalue weighted by Crippen LogP contribution is 2.16. The van der Waals surface area contributed by atoms with Crippen LogP contribution in [0, 0.1) is 20.8 Å². The minimum atomic E-state index is -0.128. The normalized spacial score (nSPS) is 11.1. The Morgan fingerprint density at radius 1 is 1.04 bits per heavy atom. The summed E-state index contributed by atoms with van der Waals surface area (Å²) in [5.41, 5.74) is 6.42. The first kappa shape index (κ1) is 18.6. The summed E-state index contributed by atoms with van der Waals surface area (Å²) in [6, 6.07) is 12.2. The van der Waals surface area contributed by atoms with E-state index < -0.39 is 0 Å². The molecule has 5 heteroatoms. The van der Waals surface area contributed by atoms with Gasteiger partial charge in [-0.15, -0.1) is 0 Å². The topological polar surface area (TPSA) is 59.8 Å². The Labute approximate surface area is 159 Å². The number of benzene rings is 1. The molecule has 0 aliphatic rings. The molecule has 0 bridgehead atoms. The summed E-state index contributed by atoms with van der Waals surface area (Å²) in [7, 11) is 0. The highest BCUT2D eigenvalue weighted by molar-refractivity contribution is 5.91. The van der Waals surface area contributed by atoms with Gasteiger partial charge in [-0.3, -0.25) is 14.5 Å². The van der Waals surface area contributed by atoms with Crippen LogP contribution in [0.5, 0.6) is 0 Å². The molecule has 0 aliphatic carbocycles. The van der Waals surface area contributed by atoms with Crippen molar-refractivity contribution in [3.05, 3.63) is 88.5 Å². The zero-order valence-electron chi connectivity index (χ0n) is 15.9. The van der Waals surface area contributed by atoms with Crippen LogP contribution in [0.15, 0.2) is 54.9 Å². The fraction of sp³-hybridized carbons (Fsp3) is 0.227. The molecule has 0 atom stereocenters. The molecule has 0 radical (unpaired) electrons. The molecule has 2 aromatic heterocycles. The lowest BCUT2D eigenvalue weighted by molar-refractivity contribution is -0.116. The quantitative estimate of drug-likeness (QED) is 0.684. The molecular weight excluding hydrogens is 336 g/mol. The molecule has 1 N–H and O–H groups in total. The molecule has 3 aromatic rings. The van der Waals surface area contributed by atoms with E-state index in [9.17, 15) is 4.79 Å². The Balaban J connectivity index is 1.65. The van der Waals surface area contributed by atoms with E-state index in [-0.39, 0.29) is 5.91 Å². The van der Waals surface area contributed by atoms with Crippen molar-refractivity contribution in [2.24, 2.45) is 0 Å². The molecule has 0 saturated carbocycles. The number of carbonyl (C=O) groups excluding carboxylic acids is 1. The summed E-state index contributed by atoms with van der Waals surface area (Å²) in [5, 5.41) is 7.51. The second kappa shape index (κ2) is 8.45. The van der Waals surface area contributed by atoms with E-state index in [4.69, 9.17) is 0 Å². The van der Waals surface area contributed by atoms with E-state index in [1.165, 1.54) is 11.1 Å². The third kappa shape index (κ3) is 4.91. The average molecular weight is 360 g/mol. The van der Waals surface area contributed by atoms with Gasteiger partial charge < -0.3 is 5.32 Å². The molecule has 0 spiro atoms. The van der Waals surface area contributed by atoms with Crippen molar-refractivity contribution < 1.29 is 4.79 Å². The summed E-state index contributed by atoms with van der Waals surface area (Å²) >= 11 is 0. The van der Waals surface area contributed by atoms with Crippen LogP contribution in [0.2, 0.25) is 0 Å². The Bertz CT molecular complexity index is 940. The molecule has 0 saturated heterocycles. The van der Waals surface area contributed by atoms with Gasteiger partial charge in [0.2, 0.25) is 5.91 Å². The summed E-state index contributed by atoms with van der Waals surface area (Å²) in [6.45, 7) is 7.27. The van der Waals surface area contributed by atoms with Crippen LogP contribution in [0.3, 0.4) is 0 Å². The van der Waals surface area contributed by atoms with Gasteiger partial charge in [0.15, 0.2) is 0 Å². The van der Waals surface area contributed by atoms with Crippen molar-refractivity contribution in [3.8, 4) is 0 Å². The summed E-state index contributed by atoms with van der Waals surface area (Å²) < 4.78 is 1.98. The average Bonchev–Trinajstić information content (AvgIpc) is 2.94. The van der Waals surface area contributed by atoms with Gasteiger partial charge in [0.25, 0.3) is 0 Å². The number of aromatic nitrogens is 3. The smallest absolute Gasteiger partial charge is 0.244 e. The number of hydrogen-bond donors (Lipinski definition) is 1. The van der Waals surface area contributed by atoms with Crippen molar-refractivity contribution in [2.75, 3.05) is 0 Å². The number of hydrogen-bond acceptors (Lipinski definition) is 3. The lowest BCUT2D eigenvalue weighted by Crippen LogP contribution is -2.20. The lowest BCUT2D eigenvalue weighted by Gasteiger charge is -2.05. The maximum atomic E-state index is 12.1. The molecule has 27 heavy (non-hydrogen) atoms. The standard InChI is InChI=1S/C22H24N4O/c1-16-4-6-20(7-5-16)15-26-18(3)21(17(2)25-26)8-9-22(27)24-14-19-10-12-23-13-11-19/h4-13H,14-15H2,1-3H3,(H,24,27)/b9-8+. The minimum absolute atomic E-state index is 0.128. The van der Waals surface area contributed by atoms with E-state index in [0.717, 1.165) is 29.1 Å². The predicted octanol–water partition coefficient (Wildman–Crippen LogP) is 3.58. The van der Waals surface area contributed by atoms with Crippen molar-refractivity contribution in [2.45, 2.75) is 33.9 Å². The van der Waals surface area contributed by atoms with Gasteiger partial charge >= 0.3 is 0 Å².